The quantitative estimate of drug-likeness (QED) is 0.635. The van der Waals surface area contributed by atoms with Gasteiger partial charge in [0.25, 0.3) is 0 Å². The Kier molecular flexibility index (Phi) is 6.34. The molecule has 5 heteroatoms. The third-order valence-corrected chi connectivity index (χ3v) is 8.29. The van der Waals surface area contributed by atoms with Crippen molar-refractivity contribution in [2.75, 3.05) is 13.1 Å². The molecule has 2 aromatic rings. The van der Waals surface area contributed by atoms with Crippen LogP contribution in [0.4, 0.5) is 0 Å². The van der Waals surface area contributed by atoms with Crippen LogP contribution < -0.4 is 10.6 Å². The topological polar surface area (TPSA) is 61.4 Å². The molecule has 180 valence electrons. The first-order chi connectivity index (χ1) is 16.4. The van der Waals surface area contributed by atoms with Crippen molar-refractivity contribution in [2.45, 2.75) is 57.8 Å². The molecule has 4 bridgehead atoms. The number of likely N-dealkylation sites (tertiary alicyclic amines) is 1. The van der Waals surface area contributed by atoms with Crippen LogP contribution in [0.1, 0.15) is 38.3 Å². The number of hydrogen-bond donors (Lipinski definition) is 2. The van der Waals surface area contributed by atoms with E-state index in [-0.39, 0.29) is 35.6 Å². The van der Waals surface area contributed by atoms with E-state index >= 15 is 0 Å². The number of Topliss-reactive ketones (excluding diaryl/α,β-unsaturated/α-hetero) is 1. The molecule has 1 aliphatic carbocycles. The second kappa shape index (κ2) is 9.27. The molecule has 34 heavy (non-hydrogen) atoms. The Hall–Kier alpha value is -2.50. The van der Waals surface area contributed by atoms with Crippen LogP contribution in [0.2, 0.25) is 0 Å². The summed E-state index contributed by atoms with van der Waals surface area (Å²) in [5.74, 6) is 1.50. The summed E-state index contributed by atoms with van der Waals surface area (Å²) in [6.07, 6.45) is 1.63. The Bertz CT molecular complexity index is 1020. The molecule has 1 saturated carbocycles. The van der Waals surface area contributed by atoms with Gasteiger partial charge in [-0.1, -0.05) is 74.5 Å². The Morgan fingerprint density at radius 1 is 1.06 bits per heavy atom. The molecule has 2 aromatic carbocycles. The molecule has 1 unspecified atom stereocenters. The second-order valence-electron chi connectivity index (χ2n) is 11.0. The average Bonchev–Trinajstić information content (AvgIpc) is 3.13. The van der Waals surface area contributed by atoms with E-state index in [0.29, 0.717) is 18.4 Å². The highest BCUT2D eigenvalue weighted by Gasteiger charge is 2.68. The number of nitrogens with one attached hydrogen (secondary N) is 2. The van der Waals surface area contributed by atoms with E-state index in [1.54, 1.807) is 6.92 Å². The highest BCUT2D eigenvalue weighted by molar-refractivity contribution is 5.91. The van der Waals surface area contributed by atoms with Crippen molar-refractivity contribution in [3.05, 3.63) is 71.8 Å². The summed E-state index contributed by atoms with van der Waals surface area (Å²) in [6, 6.07) is 20.6. The Morgan fingerprint density at radius 2 is 1.71 bits per heavy atom. The molecule has 2 N–H and O–H groups in total. The fourth-order valence-corrected chi connectivity index (χ4v) is 7.12. The van der Waals surface area contributed by atoms with Gasteiger partial charge < -0.3 is 5.32 Å². The fraction of sp³-hybridized carbons (Fsp3) is 0.517. The van der Waals surface area contributed by atoms with Gasteiger partial charge in [0.05, 0.1) is 6.04 Å². The van der Waals surface area contributed by atoms with Gasteiger partial charge in [0, 0.05) is 37.5 Å². The second-order valence-corrected chi connectivity index (χ2v) is 11.0. The van der Waals surface area contributed by atoms with E-state index in [9.17, 15) is 9.59 Å². The number of ketones is 1. The zero-order valence-corrected chi connectivity index (χ0v) is 20.5. The SMILES string of the molecule is CC(=O)C1N[C@@]2(C(=O)NCc3ccccc3)C[C@@H]3CN(CC(C)C)[C@H]([C@H]13)[C@H]2Cc1ccccc1. The maximum Gasteiger partial charge on any atom is 0.240 e. The number of piperidine rings is 2. The first-order valence-corrected chi connectivity index (χ1v) is 12.8. The van der Waals surface area contributed by atoms with Crippen molar-refractivity contribution in [2.24, 2.45) is 23.7 Å². The van der Waals surface area contributed by atoms with Crippen molar-refractivity contribution in [1.82, 2.24) is 15.5 Å². The van der Waals surface area contributed by atoms with Gasteiger partial charge in [0.15, 0.2) is 0 Å². The average molecular weight is 460 g/mol. The number of benzene rings is 2. The molecule has 1 amide bonds. The lowest BCUT2D eigenvalue weighted by Gasteiger charge is -2.59. The zero-order chi connectivity index (χ0) is 23.9. The highest BCUT2D eigenvalue weighted by atomic mass is 16.2. The van der Waals surface area contributed by atoms with Crippen LogP contribution in [0.15, 0.2) is 60.7 Å². The van der Waals surface area contributed by atoms with E-state index < -0.39 is 5.54 Å². The van der Waals surface area contributed by atoms with E-state index in [1.807, 2.05) is 36.4 Å². The van der Waals surface area contributed by atoms with Gasteiger partial charge in [-0.2, -0.15) is 0 Å². The molecule has 6 rings (SSSR count). The number of fused-ring (bicyclic) bond motifs is 1. The number of nitrogens with zero attached hydrogens (tertiary/aromatic N) is 1. The molecule has 0 radical (unpaired) electrons. The van der Waals surface area contributed by atoms with Crippen molar-refractivity contribution >= 4 is 11.7 Å². The summed E-state index contributed by atoms with van der Waals surface area (Å²) in [5.41, 5.74) is 1.60. The predicted molar refractivity (Wildman–Crippen MR) is 134 cm³/mol. The van der Waals surface area contributed by atoms with Gasteiger partial charge in [0.2, 0.25) is 5.91 Å². The van der Waals surface area contributed by atoms with Gasteiger partial charge in [-0.15, -0.1) is 0 Å². The molecule has 3 saturated heterocycles. The molecule has 6 atom stereocenters. The highest BCUT2D eigenvalue weighted by Crippen LogP contribution is 2.55. The third-order valence-electron chi connectivity index (χ3n) is 8.29. The standard InChI is InChI=1S/C29H37N3O2/c1-19(2)17-32-18-23-15-29(28(34)30-16-22-12-8-5-9-13-22)24(14-21-10-6-4-7-11-21)27(32)25(23)26(31-29)20(3)33/h4-13,19,23-27,31H,14-18H2,1-3H3,(H,30,34)/t23-,24-,25+,26?,27+,29+/m1/s1. The van der Waals surface area contributed by atoms with E-state index in [1.165, 1.54) is 5.56 Å². The van der Waals surface area contributed by atoms with Crippen molar-refractivity contribution in [1.29, 1.82) is 0 Å². The normalized spacial score (nSPS) is 32.2. The van der Waals surface area contributed by atoms with Crippen LogP contribution in [-0.2, 0) is 22.6 Å². The van der Waals surface area contributed by atoms with Crippen molar-refractivity contribution in [3.8, 4) is 0 Å². The van der Waals surface area contributed by atoms with Gasteiger partial charge in [-0.3, -0.25) is 19.8 Å². The number of rotatable bonds is 8. The predicted octanol–water partition coefficient (Wildman–Crippen LogP) is 3.44. The number of carbonyl (C=O) groups is 2. The maximum atomic E-state index is 14.1. The fourth-order valence-electron chi connectivity index (χ4n) is 7.12. The molecule has 3 heterocycles. The number of hydrogen-bond acceptors (Lipinski definition) is 4. The monoisotopic (exact) mass is 459 g/mol. The Morgan fingerprint density at radius 3 is 2.32 bits per heavy atom. The molecular weight excluding hydrogens is 422 g/mol. The molecule has 0 aromatic heterocycles. The van der Waals surface area contributed by atoms with Gasteiger partial charge in [-0.25, -0.2) is 0 Å². The minimum Gasteiger partial charge on any atom is -0.350 e. The lowest BCUT2D eigenvalue weighted by atomic mass is 9.55. The van der Waals surface area contributed by atoms with Crippen LogP contribution in [0, 0.1) is 23.7 Å². The van der Waals surface area contributed by atoms with Crippen molar-refractivity contribution in [3.63, 3.8) is 0 Å². The summed E-state index contributed by atoms with van der Waals surface area (Å²) in [6.45, 7) is 8.70. The minimum absolute atomic E-state index is 0.0445. The van der Waals surface area contributed by atoms with E-state index in [2.05, 4.69) is 53.6 Å². The lowest BCUT2D eigenvalue weighted by molar-refractivity contribution is -0.146. The first-order valence-electron chi connectivity index (χ1n) is 12.8. The van der Waals surface area contributed by atoms with Crippen molar-refractivity contribution < 1.29 is 9.59 Å². The summed E-state index contributed by atoms with van der Waals surface area (Å²) >= 11 is 0. The zero-order valence-electron chi connectivity index (χ0n) is 20.5. The van der Waals surface area contributed by atoms with Gasteiger partial charge in [-0.05, 0) is 42.7 Å². The molecular formula is C29H37N3O2. The van der Waals surface area contributed by atoms with Gasteiger partial charge >= 0.3 is 0 Å². The van der Waals surface area contributed by atoms with Crippen LogP contribution in [-0.4, -0.2) is 47.3 Å². The van der Waals surface area contributed by atoms with Crippen LogP contribution in [0.3, 0.4) is 0 Å². The third kappa shape index (κ3) is 4.09. The largest absolute Gasteiger partial charge is 0.350 e. The molecule has 4 aliphatic rings. The van der Waals surface area contributed by atoms with Gasteiger partial charge in [0.1, 0.15) is 11.3 Å². The summed E-state index contributed by atoms with van der Waals surface area (Å²) in [4.78, 5) is 29.5. The lowest BCUT2D eigenvalue weighted by Crippen LogP contribution is -2.78. The molecule has 3 aliphatic heterocycles. The molecule has 0 spiro atoms. The maximum absolute atomic E-state index is 14.1. The first kappa shape index (κ1) is 23.3. The number of carbonyl (C=O) groups excluding carboxylic acids is 2. The van der Waals surface area contributed by atoms with E-state index in [4.69, 9.17) is 0 Å². The van der Waals surface area contributed by atoms with Crippen LogP contribution >= 0.6 is 0 Å². The molecule has 5 nitrogen and oxygen atoms in total. The summed E-state index contributed by atoms with van der Waals surface area (Å²) in [7, 11) is 0. The summed E-state index contributed by atoms with van der Waals surface area (Å²) in [5, 5.41) is 6.91. The van der Waals surface area contributed by atoms with E-state index in [0.717, 1.165) is 31.5 Å². The smallest absolute Gasteiger partial charge is 0.240 e. The van der Waals surface area contributed by atoms with Crippen LogP contribution in [0.25, 0.3) is 0 Å². The number of amides is 1. The Balaban J connectivity index is 1.52. The minimum atomic E-state index is -0.739. The molecule has 4 fully saturated rings. The Labute approximate surface area is 203 Å². The summed E-state index contributed by atoms with van der Waals surface area (Å²) < 4.78 is 0. The van der Waals surface area contributed by atoms with Crippen LogP contribution in [0.5, 0.6) is 0 Å².